The largest absolute Gasteiger partial charge is 0.342 e. The molecule has 0 bridgehead atoms. The third-order valence-electron chi connectivity index (χ3n) is 5.74. The van der Waals surface area contributed by atoms with Crippen molar-refractivity contribution < 1.29 is 4.79 Å². The lowest BCUT2D eigenvalue weighted by Gasteiger charge is -2.31. The van der Waals surface area contributed by atoms with E-state index in [2.05, 4.69) is 38.5 Å². The van der Waals surface area contributed by atoms with Crippen LogP contribution in [-0.2, 0) is 0 Å². The van der Waals surface area contributed by atoms with Gasteiger partial charge >= 0.3 is 6.03 Å². The molecule has 3 heterocycles. The minimum absolute atomic E-state index is 0.0738. The Morgan fingerprint density at radius 1 is 1.00 bits per heavy atom. The van der Waals surface area contributed by atoms with Gasteiger partial charge in [0.05, 0.1) is 17.6 Å². The first kappa shape index (κ1) is 17.9. The zero-order valence-electron chi connectivity index (χ0n) is 16.3. The quantitative estimate of drug-likeness (QED) is 0.705. The van der Waals surface area contributed by atoms with Gasteiger partial charge in [0, 0.05) is 42.4 Å². The van der Waals surface area contributed by atoms with Gasteiger partial charge in [-0.05, 0) is 37.8 Å². The number of aromatic nitrogens is 3. The Bertz CT molecular complexity index is 978. The van der Waals surface area contributed by atoms with Crippen LogP contribution in [0.25, 0.3) is 22.5 Å². The van der Waals surface area contributed by atoms with Crippen LogP contribution in [0.2, 0.25) is 0 Å². The Kier molecular flexibility index (Phi) is 4.76. The highest BCUT2D eigenvalue weighted by molar-refractivity contribution is 5.75. The summed E-state index contributed by atoms with van der Waals surface area (Å²) in [6.45, 7) is 1.55. The van der Waals surface area contributed by atoms with Gasteiger partial charge in [0.15, 0.2) is 0 Å². The summed E-state index contributed by atoms with van der Waals surface area (Å²) in [5, 5.41) is 3.09. The van der Waals surface area contributed by atoms with Crippen LogP contribution < -0.4 is 5.32 Å². The monoisotopic (exact) mass is 387 g/mol. The van der Waals surface area contributed by atoms with Gasteiger partial charge < -0.3 is 15.2 Å². The molecule has 29 heavy (non-hydrogen) atoms. The molecule has 0 radical (unpaired) electrons. The third kappa shape index (κ3) is 4.01. The predicted octanol–water partition coefficient (Wildman–Crippen LogP) is 4.19. The van der Waals surface area contributed by atoms with Crippen molar-refractivity contribution in [3.63, 3.8) is 0 Å². The zero-order valence-corrected chi connectivity index (χ0v) is 16.3. The van der Waals surface area contributed by atoms with Crippen molar-refractivity contribution in [1.29, 1.82) is 0 Å². The first-order chi connectivity index (χ1) is 14.3. The first-order valence-corrected chi connectivity index (χ1v) is 10.4. The van der Waals surface area contributed by atoms with Crippen molar-refractivity contribution >= 4 is 6.03 Å². The fraction of sp³-hybridized carbons (Fsp3) is 0.348. The number of pyridine rings is 1. The third-order valence-corrected chi connectivity index (χ3v) is 5.74. The summed E-state index contributed by atoms with van der Waals surface area (Å²) in [5.74, 6) is 1.20. The number of nitrogens with one attached hydrogen (secondary N) is 2. The van der Waals surface area contributed by atoms with Crippen LogP contribution in [0.4, 0.5) is 4.79 Å². The second-order valence-electron chi connectivity index (χ2n) is 7.99. The summed E-state index contributed by atoms with van der Waals surface area (Å²) in [6, 6.07) is 14.7. The SMILES string of the molecule is O=C(NC1CC1)N1CCC[C@H](c2ncc(-c3ccc(-c4ccccc4)nc3)[nH]2)C1. The molecule has 148 valence electrons. The van der Waals surface area contributed by atoms with Gasteiger partial charge in [-0.25, -0.2) is 9.78 Å². The molecule has 2 aromatic heterocycles. The summed E-state index contributed by atoms with van der Waals surface area (Å²) >= 11 is 0. The number of hydrogen-bond donors (Lipinski definition) is 2. The zero-order chi connectivity index (χ0) is 19.6. The molecule has 5 rings (SSSR count). The molecule has 1 saturated heterocycles. The summed E-state index contributed by atoms with van der Waals surface area (Å²) < 4.78 is 0. The number of nitrogens with zero attached hydrogens (tertiary/aromatic N) is 3. The standard InChI is InChI=1S/C23H25N5O/c29-23(26-19-9-10-19)28-12-4-7-18(15-28)22-25-14-21(27-22)17-8-11-20(24-13-17)16-5-2-1-3-6-16/h1-3,5-6,8,11,13-14,18-19H,4,7,9-10,12,15H2,(H,25,27)(H,26,29)/t18-/m0/s1. The molecule has 6 heteroatoms. The number of amides is 2. The van der Waals surface area contributed by atoms with Gasteiger partial charge in [0.25, 0.3) is 0 Å². The van der Waals surface area contributed by atoms with Crippen LogP contribution in [0.15, 0.2) is 54.9 Å². The Hall–Kier alpha value is -3.15. The number of H-pyrrole nitrogens is 1. The number of benzene rings is 1. The molecule has 1 atom stereocenters. The molecule has 1 saturated carbocycles. The molecular formula is C23H25N5O. The molecule has 1 aliphatic carbocycles. The number of rotatable bonds is 4. The van der Waals surface area contributed by atoms with E-state index in [-0.39, 0.29) is 11.9 Å². The predicted molar refractivity (Wildman–Crippen MR) is 112 cm³/mol. The number of carbonyl (C=O) groups is 1. The second-order valence-corrected chi connectivity index (χ2v) is 7.99. The van der Waals surface area contributed by atoms with Gasteiger partial charge in [0.2, 0.25) is 0 Å². The Labute approximate surface area is 170 Å². The number of piperidine rings is 1. The normalized spacial score (nSPS) is 19.2. The molecule has 2 fully saturated rings. The molecule has 0 unspecified atom stereocenters. The maximum atomic E-state index is 12.4. The van der Waals surface area contributed by atoms with Crippen molar-refractivity contribution in [1.82, 2.24) is 25.2 Å². The summed E-state index contributed by atoms with van der Waals surface area (Å²) in [7, 11) is 0. The molecule has 2 amide bonds. The number of aromatic amines is 1. The van der Waals surface area contributed by atoms with Crippen LogP contribution >= 0.6 is 0 Å². The maximum absolute atomic E-state index is 12.4. The minimum Gasteiger partial charge on any atom is -0.342 e. The Balaban J connectivity index is 1.28. The van der Waals surface area contributed by atoms with Gasteiger partial charge in [-0.1, -0.05) is 30.3 Å². The van der Waals surface area contributed by atoms with Crippen LogP contribution in [0.5, 0.6) is 0 Å². The van der Waals surface area contributed by atoms with Crippen molar-refractivity contribution in [3.05, 3.63) is 60.7 Å². The lowest BCUT2D eigenvalue weighted by molar-refractivity contribution is 0.178. The van der Waals surface area contributed by atoms with Crippen molar-refractivity contribution in [2.45, 2.75) is 37.6 Å². The lowest BCUT2D eigenvalue weighted by Crippen LogP contribution is -2.45. The number of imidazole rings is 1. The molecule has 2 N–H and O–H groups in total. The van der Waals surface area contributed by atoms with Crippen LogP contribution in [-0.4, -0.2) is 45.0 Å². The summed E-state index contributed by atoms with van der Waals surface area (Å²) in [4.78, 5) is 27.0. The highest BCUT2D eigenvalue weighted by Gasteiger charge is 2.30. The van der Waals surface area contributed by atoms with Gasteiger partial charge in [0.1, 0.15) is 5.82 Å². The Morgan fingerprint density at radius 3 is 2.62 bits per heavy atom. The van der Waals surface area contributed by atoms with Crippen LogP contribution in [0.1, 0.15) is 37.4 Å². The van der Waals surface area contributed by atoms with Crippen molar-refractivity contribution in [2.75, 3.05) is 13.1 Å². The van der Waals surface area contributed by atoms with E-state index in [0.29, 0.717) is 6.04 Å². The molecule has 2 aliphatic rings. The first-order valence-electron chi connectivity index (χ1n) is 10.4. The molecule has 0 spiro atoms. The van der Waals surface area contributed by atoms with Crippen LogP contribution in [0.3, 0.4) is 0 Å². The van der Waals surface area contributed by atoms with Gasteiger partial charge in [-0.15, -0.1) is 0 Å². The number of carbonyl (C=O) groups excluding carboxylic acids is 1. The Morgan fingerprint density at radius 2 is 1.86 bits per heavy atom. The number of urea groups is 1. The number of hydrogen-bond acceptors (Lipinski definition) is 3. The molecule has 1 aromatic carbocycles. The molecule has 6 nitrogen and oxygen atoms in total. The van der Waals surface area contributed by atoms with Crippen molar-refractivity contribution in [3.8, 4) is 22.5 Å². The minimum atomic E-state index is 0.0738. The van der Waals surface area contributed by atoms with Crippen LogP contribution in [0, 0.1) is 0 Å². The van der Waals surface area contributed by atoms with E-state index in [1.165, 1.54) is 0 Å². The van der Waals surface area contributed by atoms with Crippen molar-refractivity contribution in [2.24, 2.45) is 0 Å². The van der Waals surface area contributed by atoms with E-state index < -0.39 is 0 Å². The fourth-order valence-electron chi connectivity index (χ4n) is 3.90. The topological polar surface area (TPSA) is 73.9 Å². The average Bonchev–Trinajstić information content (AvgIpc) is 3.46. The number of likely N-dealkylation sites (tertiary alicyclic amines) is 1. The summed E-state index contributed by atoms with van der Waals surface area (Å²) in [5.41, 5.74) is 4.05. The van der Waals surface area contributed by atoms with E-state index >= 15 is 0 Å². The highest BCUT2D eigenvalue weighted by Crippen LogP contribution is 2.28. The van der Waals surface area contributed by atoms with Gasteiger partial charge in [-0.2, -0.15) is 0 Å². The highest BCUT2D eigenvalue weighted by atomic mass is 16.2. The summed E-state index contributed by atoms with van der Waals surface area (Å²) in [6.07, 6.45) is 8.04. The van der Waals surface area contributed by atoms with E-state index in [1.807, 2.05) is 41.6 Å². The van der Waals surface area contributed by atoms with E-state index in [1.54, 1.807) is 0 Å². The second kappa shape index (κ2) is 7.70. The van der Waals surface area contributed by atoms with Gasteiger partial charge in [-0.3, -0.25) is 4.98 Å². The van der Waals surface area contributed by atoms with E-state index in [9.17, 15) is 4.79 Å². The fourth-order valence-corrected chi connectivity index (χ4v) is 3.90. The smallest absolute Gasteiger partial charge is 0.317 e. The average molecular weight is 387 g/mol. The lowest BCUT2D eigenvalue weighted by atomic mass is 9.97. The molecular weight excluding hydrogens is 362 g/mol. The molecule has 3 aromatic rings. The molecule has 1 aliphatic heterocycles. The van der Waals surface area contributed by atoms with E-state index in [0.717, 1.165) is 67.1 Å². The van der Waals surface area contributed by atoms with E-state index in [4.69, 9.17) is 0 Å². The maximum Gasteiger partial charge on any atom is 0.317 e.